The van der Waals surface area contributed by atoms with Crippen LogP contribution in [-0.4, -0.2) is 60.3 Å². The van der Waals surface area contributed by atoms with Gasteiger partial charge in [-0.2, -0.15) is 0 Å². The molecule has 232 valence electrons. The molecule has 2 amide bonds. The molecular formula is C32H37N5O5S2. The van der Waals surface area contributed by atoms with Crippen molar-refractivity contribution in [2.24, 2.45) is 0 Å². The molecule has 4 rings (SSSR count). The summed E-state index contributed by atoms with van der Waals surface area (Å²) in [6, 6.07) is 18.9. The lowest BCUT2D eigenvalue weighted by molar-refractivity contribution is 0.0829. The highest BCUT2D eigenvalue weighted by Gasteiger charge is 2.23. The van der Waals surface area contributed by atoms with Crippen LogP contribution >= 0.6 is 11.3 Å². The van der Waals surface area contributed by atoms with Crippen LogP contribution < -0.4 is 16.0 Å². The van der Waals surface area contributed by atoms with E-state index in [2.05, 4.69) is 25.9 Å². The van der Waals surface area contributed by atoms with Gasteiger partial charge in [0.2, 0.25) is 0 Å². The summed E-state index contributed by atoms with van der Waals surface area (Å²) in [5.41, 5.74) is 4.48. The number of aliphatic hydroxyl groups is 1. The number of hydrogen-bond donors (Lipinski definition) is 4. The minimum Gasteiger partial charge on any atom is -0.390 e. The number of pyridine rings is 1. The first-order valence-corrected chi connectivity index (χ1v) is 17.1. The lowest BCUT2D eigenvalue weighted by Crippen LogP contribution is -2.48. The number of carbonyl (C=O) groups is 2. The standard InChI is InChI=1S/C32H37N5O5S2/c1-21-19-43-30(35-21)18-34-31(39)24-10-7-11-25(15-24)32(40)37-28(14-23-8-5-4-6-9-23)29(38)17-33-16-27-13-12-26(22(2)36-27)20-44(3,41)42/h4-13,15,19,28-29,33,38H,14,16-18,20H2,1-3H3,(H,34,39)(H,37,40)/t28-,29+/m0/s1. The van der Waals surface area contributed by atoms with Gasteiger partial charge in [0.1, 0.15) is 5.01 Å². The molecule has 0 saturated heterocycles. The van der Waals surface area contributed by atoms with Crippen LogP contribution in [0.4, 0.5) is 0 Å². The van der Waals surface area contributed by atoms with Crippen molar-refractivity contribution in [3.8, 4) is 0 Å². The highest BCUT2D eigenvalue weighted by atomic mass is 32.2. The molecule has 0 aliphatic rings. The SMILES string of the molecule is Cc1csc(CNC(=O)c2cccc(C(=O)N[C@@H](Cc3ccccc3)[C@H](O)CNCc3ccc(CS(C)(=O)=O)c(C)n3)c2)n1. The van der Waals surface area contributed by atoms with E-state index in [1.807, 2.05) is 42.6 Å². The fourth-order valence-corrected chi connectivity index (χ4v) is 6.19. The number of aliphatic hydroxyl groups excluding tert-OH is 1. The molecule has 2 aromatic carbocycles. The number of hydrogen-bond acceptors (Lipinski definition) is 9. The van der Waals surface area contributed by atoms with Gasteiger partial charge in [-0.3, -0.25) is 14.6 Å². The van der Waals surface area contributed by atoms with Crippen LogP contribution in [0.2, 0.25) is 0 Å². The average Bonchev–Trinajstić information content (AvgIpc) is 3.41. The smallest absolute Gasteiger partial charge is 0.251 e. The summed E-state index contributed by atoms with van der Waals surface area (Å²) < 4.78 is 23.3. The number of amides is 2. The van der Waals surface area contributed by atoms with Crippen molar-refractivity contribution in [2.45, 2.75) is 51.3 Å². The Labute approximate surface area is 261 Å². The molecule has 0 bridgehead atoms. The highest BCUT2D eigenvalue weighted by molar-refractivity contribution is 7.89. The van der Waals surface area contributed by atoms with Crippen molar-refractivity contribution in [3.63, 3.8) is 0 Å². The van der Waals surface area contributed by atoms with Crippen LogP contribution in [0.3, 0.4) is 0 Å². The van der Waals surface area contributed by atoms with Crippen molar-refractivity contribution >= 4 is 33.0 Å². The minimum atomic E-state index is -3.17. The van der Waals surface area contributed by atoms with Gasteiger partial charge in [0.05, 0.1) is 30.1 Å². The minimum absolute atomic E-state index is 0.0704. The van der Waals surface area contributed by atoms with Gasteiger partial charge in [-0.1, -0.05) is 42.5 Å². The van der Waals surface area contributed by atoms with Crippen LogP contribution in [0.15, 0.2) is 72.1 Å². The number of nitrogens with zero attached hydrogens (tertiary/aromatic N) is 2. The summed E-state index contributed by atoms with van der Waals surface area (Å²) in [6.07, 6.45) is 0.631. The molecule has 0 unspecified atom stereocenters. The molecule has 2 heterocycles. The fourth-order valence-electron chi connectivity index (χ4n) is 4.61. The second kappa shape index (κ2) is 15.2. The monoisotopic (exact) mass is 635 g/mol. The predicted molar refractivity (Wildman–Crippen MR) is 171 cm³/mol. The van der Waals surface area contributed by atoms with Gasteiger partial charge in [0.25, 0.3) is 11.8 Å². The second-order valence-corrected chi connectivity index (χ2v) is 13.8. The average molecular weight is 636 g/mol. The van der Waals surface area contributed by atoms with E-state index >= 15 is 0 Å². The highest BCUT2D eigenvalue weighted by Crippen LogP contribution is 2.13. The first-order chi connectivity index (χ1) is 21.0. The van der Waals surface area contributed by atoms with Crippen LogP contribution in [-0.2, 0) is 35.1 Å². The molecule has 10 nitrogen and oxygen atoms in total. The Balaban J connectivity index is 1.39. The number of sulfone groups is 1. The first kappa shape index (κ1) is 32.9. The zero-order valence-corrected chi connectivity index (χ0v) is 26.5. The van der Waals surface area contributed by atoms with Crippen molar-refractivity contribution < 1.29 is 23.1 Å². The van der Waals surface area contributed by atoms with Gasteiger partial charge in [-0.05, 0) is 55.7 Å². The van der Waals surface area contributed by atoms with Crippen molar-refractivity contribution in [2.75, 3.05) is 12.8 Å². The fraction of sp³-hybridized carbons (Fsp3) is 0.312. The van der Waals surface area contributed by atoms with Crippen molar-refractivity contribution in [1.82, 2.24) is 25.9 Å². The third-order valence-electron chi connectivity index (χ3n) is 6.86. The third-order valence-corrected chi connectivity index (χ3v) is 8.67. The van der Waals surface area contributed by atoms with Gasteiger partial charge in [0.15, 0.2) is 9.84 Å². The lowest BCUT2D eigenvalue weighted by atomic mass is 10.00. The van der Waals surface area contributed by atoms with E-state index in [4.69, 9.17) is 0 Å². The quantitative estimate of drug-likeness (QED) is 0.165. The van der Waals surface area contributed by atoms with Gasteiger partial charge < -0.3 is 21.1 Å². The molecule has 0 radical (unpaired) electrons. The summed E-state index contributed by atoms with van der Waals surface area (Å²) in [5.74, 6) is -0.793. The Morgan fingerprint density at radius 2 is 1.66 bits per heavy atom. The Hall–Kier alpha value is -3.97. The second-order valence-electron chi connectivity index (χ2n) is 10.7. The first-order valence-electron chi connectivity index (χ1n) is 14.1. The van der Waals surface area contributed by atoms with Crippen LogP contribution in [0.1, 0.15) is 53.9 Å². The van der Waals surface area contributed by atoms with E-state index in [1.54, 1.807) is 37.3 Å². The number of benzene rings is 2. The zero-order valence-electron chi connectivity index (χ0n) is 24.9. The molecule has 4 aromatic rings. The van der Waals surface area contributed by atoms with E-state index in [1.165, 1.54) is 23.7 Å². The third kappa shape index (κ3) is 10.1. The van der Waals surface area contributed by atoms with Crippen molar-refractivity contribution in [3.05, 3.63) is 116 Å². The van der Waals surface area contributed by atoms with E-state index in [0.717, 1.165) is 16.3 Å². The van der Waals surface area contributed by atoms with Crippen LogP contribution in [0, 0.1) is 13.8 Å². The molecule has 4 N–H and O–H groups in total. The molecule has 44 heavy (non-hydrogen) atoms. The number of carbonyl (C=O) groups excluding carboxylic acids is 2. The summed E-state index contributed by atoms with van der Waals surface area (Å²) in [6.45, 7) is 4.48. The Morgan fingerprint density at radius 1 is 0.932 bits per heavy atom. The number of aromatic nitrogens is 2. The number of nitrogens with one attached hydrogen (secondary N) is 3. The van der Waals surface area contributed by atoms with Crippen molar-refractivity contribution in [1.29, 1.82) is 0 Å². The Kier molecular flexibility index (Phi) is 11.3. The molecule has 0 aliphatic carbocycles. The van der Waals surface area contributed by atoms with E-state index < -0.39 is 27.9 Å². The molecule has 0 aliphatic heterocycles. The van der Waals surface area contributed by atoms with Gasteiger partial charge in [-0.15, -0.1) is 11.3 Å². The van der Waals surface area contributed by atoms with E-state index in [9.17, 15) is 23.1 Å². The largest absolute Gasteiger partial charge is 0.390 e. The van der Waals surface area contributed by atoms with Gasteiger partial charge >= 0.3 is 0 Å². The van der Waals surface area contributed by atoms with Gasteiger partial charge in [-0.25, -0.2) is 13.4 Å². The molecule has 2 atom stereocenters. The summed E-state index contributed by atoms with van der Waals surface area (Å²) in [7, 11) is -3.17. The maximum atomic E-state index is 13.3. The molecule has 12 heteroatoms. The maximum Gasteiger partial charge on any atom is 0.251 e. The normalized spacial score (nSPS) is 12.8. The Morgan fingerprint density at radius 3 is 2.32 bits per heavy atom. The number of thiazole rings is 1. The summed E-state index contributed by atoms with van der Waals surface area (Å²) >= 11 is 1.47. The molecule has 0 fully saturated rings. The van der Waals surface area contributed by atoms with Crippen LogP contribution in [0.5, 0.6) is 0 Å². The number of rotatable bonds is 14. The van der Waals surface area contributed by atoms with Gasteiger partial charge in [0, 0.05) is 47.2 Å². The lowest BCUT2D eigenvalue weighted by Gasteiger charge is -2.25. The molecule has 2 aromatic heterocycles. The summed E-state index contributed by atoms with van der Waals surface area (Å²) in [4.78, 5) is 34.9. The molecule has 0 spiro atoms. The molecule has 0 saturated carbocycles. The number of aryl methyl sites for hydroxylation is 2. The molecular weight excluding hydrogens is 599 g/mol. The topological polar surface area (TPSA) is 150 Å². The maximum absolute atomic E-state index is 13.3. The van der Waals surface area contributed by atoms with E-state index in [0.29, 0.717) is 47.6 Å². The van der Waals surface area contributed by atoms with E-state index in [-0.39, 0.29) is 18.2 Å². The predicted octanol–water partition coefficient (Wildman–Crippen LogP) is 3.12. The zero-order chi connectivity index (χ0) is 31.7. The summed E-state index contributed by atoms with van der Waals surface area (Å²) in [5, 5.41) is 22.9. The Bertz CT molecular complexity index is 1690. The van der Waals surface area contributed by atoms with Crippen LogP contribution in [0.25, 0.3) is 0 Å².